The number of pyridine rings is 1. The molecule has 3 aromatic heterocycles. The minimum Gasteiger partial charge on any atom is -0.457 e. The summed E-state index contributed by atoms with van der Waals surface area (Å²) in [7, 11) is 0. The SMILES string of the molecule is Cc1cc(Oc2ccc3c4ccccc4n(-c4cc(C)ccn4)c3c2)cc(-n2nc(C)c(-c3c(C(C)(C)C)cc(C(C)(C)C)cc3C(C)(C)C)c2C)c1. The van der Waals surface area contributed by atoms with Gasteiger partial charge in [-0.3, -0.25) is 4.57 Å². The van der Waals surface area contributed by atoms with Crippen molar-refractivity contribution in [1.82, 2.24) is 19.3 Å². The normalized spacial score (nSPS) is 12.6. The zero-order valence-electron chi connectivity index (χ0n) is 33.9. The van der Waals surface area contributed by atoms with Gasteiger partial charge in [0.15, 0.2) is 0 Å². The van der Waals surface area contributed by atoms with Gasteiger partial charge in [0.1, 0.15) is 17.3 Å². The summed E-state index contributed by atoms with van der Waals surface area (Å²) in [6, 6.07) is 30.3. The molecule has 53 heavy (non-hydrogen) atoms. The van der Waals surface area contributed by atoms with E-state index in [0.717, 1.165) is 56.4 Å². The van der Waals surface area contributed by atoms with E-state index < -0.39 is 0 Å². The lowest BCUT2D eigenvalue weighted by Crippen LogP contribution is -2.23. The molecule has 0 N–H and O–H groups in total. The van der Waals surface area contributed by atoms with Crippen LogP contribution in [0.1, 0.15) is 102 Å². The molecule has 0 aliphatic carbocycles. The number of aryl methyl sites for hydroxylation is 3. The fraction of sp³-hybridized carbons (Fsp3) is 0.333. The molecule has 0 bridgehead atoms. The van der Waals surface area contributed by atoms with Crippen LogP contribution in [0.2, 0.25) is 0 Å². The van der Waals surface area contributed by atoms with Crippen LogP contribution in [0.3, 0.4) is 0 Å². The zero-order valence-corrected chi connectivity index (χ0v) is 33.9. The highest BCUT2D eigenvalue weighted by molar-refractivity contribution is 6.09. The first kappa shape index (κ1) is 36.2. The summed E-state index contributed by atoms with van der Waals surface area (Å²) in [6.07, 6.45) is 1.87. The lowest BCUT2D eigenvalue weighted by molar-refractivity contribution is 0.482. The molecule has 0 saturated heterocycles. The molecule has 0 atom stereocenters. The van der Waals surface area contributed by atoms with Crippen molar-refractivity contribution in [2.45, 2.75) is 106 Å². The van der Waals surface area contributed by atoms with Gasteiger partial charge in [-0.05, 0) is 120 Å². The first-order valence-corrected chi connectivity index (χ1v) is 18.8. The highest BCUT2D eigenvalue weighted by Gasteiger charge is 2.32. The number of nitrogens with zero attached hydrogens (tertiary/aromatic N) is 4. The average molecular weight is 703 g/mol. The molecule has 5 nitrogen and oxygen atoms in total. The predicted molar refractivity (Wildman–Crippen MR) is 223 cm³/mol. The molecule has 0 aliphatic heterocycles. The third-order valence-electron chi connectivity index (χ3n) is 10.5. The molecule has 0 aliphatic rings. The smallest absolute Gasteiger partial charge is 0.137 e. The van der Waals surface area contributed by atoms with E-state index in [1.165, 1.54) is 38.8 Å². The molecular weight excluding hydrogens is 649 g/mol. The van der Waals surface area contributed by atoms with Gasteiger partial charge in [-0.15, -0.1) is 0 Å². The van der Waals surface area contributed by atoms with Crippen molar-refractivity contribution in [1.29, 1.82) is 0 Å². The molecule has 0 unspecified atom stereocenters. The lowest BCUT2D eigenvalue weighted by atomic mass is 9.70. The Labute approximate surface area is 315 Å². The quantitative estimate of drug-likeness (QED) is 0.179. The fourth-order valence-corrected chi connectivity index (χ4v) is 7.73. The van der Waals surface area contributed by atoms with E-state index >= 15 is 0 Å². The van der Waals surface area contributed by atoms with Crippen LogP contribution < -0.4 is 4.74 Å². The summed E-state index contributed by atoms with van der Waals surface area (Å²) >= 11 is 0. The lowest BCUT2D eigenvalue weighted by Gasteiger charge is -2.34. The highest BCUT2D eigenvalue weighted by Crippen LogP contribution is 2.46. The predicted octanol–water partition coefficient (Wildman–Crippen LogP) is 12.9. The Hall–Kier alpha value is -5.16. The Balaban J connectivity index is 1.34. The van der Waals surface area contributed by atoms with Crippen LogP contribution in [-0.4, -0.2) is 19.3 Å². The Kier molecular flexibility index (Phi) is 8.71. The molecule has 0 spiro atoms. The fourth-order valence-electron chi connectivity index (χ4n) is 7.73. The van der Waals surface area contributed by atoms with E-state index in [9.17, 15) is 0 Å². The molecule has 7 rings (SSSR count). The molecule has 0 fully saturated rings. The Morgan fingerprint density at radius 3 is 1.87 bits per heavy atom. The van der Waals surface area contributed by atoms with Crippen molar-refractivity contribution in [3.05, 3.63) is 130 Å². The van der Waals surface area contributed by atoms with E-state index in [0.29, 0.717) is 0 Å². The molecule has 0 radical (unpaired) electrons. The number of ether oxygens (including phenoxy) is 1. The molecular formula is C48H54N4O. The van der Waals surface area contributed by atoms with Crippen LogP contribution in [0.25, 0.3) is 44.4 Å². The summed E-state index contributed by atoms with van der Waals surface area (Å²) < 4.78 is 11.0. The number of aromatic nitrogens is 4. The molecule has 4 aromatic carbocycles. The summed E-state index contributed by atoms with van der Waals surface area (Å²) in [4.78, 5) is 4.76. The molecule has 272 valence electrons. The van der Waals surface area contributed by atoms with Gasteiger partial charge in [-0.25, -0.2) is 9.67 Å². The highest BCUT2D eigenvalue weighted by atomic mass is 16.5. The summed E-state index contributed by atoms with van der Waals surface area (Å²) in [5, 5.41) is 7.58. The summed E-state index contributed by atoms with van der Waals surface area (Å²) in [6.45, 7) is 29.5. The van der Waals surface area contributed by atoms with Crippen LogP contribution in [0.5, 0.6) is 11.5 Å². The van der Waals surface area contributed by atoms with Gasteiger partial charge < -0.3 is 4.74 Å². The molecule has 0 amide bonds. The van der Waals surface area contributed by atoms with Gasteiger partial charge in [0, 0.05) is 40.4 Å². The number of hydrogen-bond donors (Lipinski definition) is 0. The Bertz CT molecular complexity index is 2490. The van der Waals surface area contributed by atoms with Crippen molar-refractivity contribution in [2.24, 2.45) is 0 Å². The molecule has 0 saturated carbocycles. The maximum absolute atomic E-state index is 6.70. The monoisotopic (exact) mass is 702 g/mol. The van der Waals surface area contributed by atoms with E-state index in [2.05, 4.69) is 178 Å². The van der Waals surface area contributed by atoms with Gasteiger partial charge in [0.25, 0.3) is 0 Å². The third-order valence-corrected chi connectivity index (χ3v) is 10.5. The number of benzene rings is 4. The van der Waals surface area contributed by atoms with Crippen LogP contribution in [0.15, 0.2) is 91.1 Å². The standard InChI is InChI=1S/C48H54N4O/c1-29-20-21-49-43(24-29)51-41-17-15-14-16-37(41)38-19-18-35(28-42(38)51)53-36-23-30(2)22-34(27-36)52-32(4)44(31(3)50-52)45-39(47(8,9)10)25-33(46(5,6)7)26-40(45)48(11,12)13/h14-28H,1-13H3. The minimum atomic E-state index is -0.0653. The second-order valence-electron chi connectivity index (χ2n) is 18.0. The topological polar surface area (TPSA) is 44.9 Å². The second kappa shape index (κ2) is 12.8. The number of fused-ring (bicyclic) bond motifs is 3. The Morgan fingerprint density at radius 2 is 1.23 bits per heavy atom. The van der Waals surface area contributed by atoms with Gasteiger partial charge in [-0.2, -0.15) is 5.10 Å². The van der Waals surface area contributed by atoms with E-state index in [1.807, 2.05) is 12.3 Å². The molecule has 7 aromatic rings. The van der Waals surface area contributed by atoms with E-state index in [1.54, 1.807) is 0 Å². The second-order valence-corrected chi connectivity index (χ2v) is 18.0. The van der Waals surface area contributed by atoms with Crippen LogP contribution in [-0.2, 0) is 16.2 Å². The van der Waals surface area contributed by atoms with Gasteiger partial charge in [-0.1, -0.05) is 92.6 Å². The first-order valence-electron chi connectivity index (χ1n) is 18.8. The van der Waals surface area contributed by atoms with Crippen molar-refractivity contribution >= 4 is 21.8 Å². The average Bonchev–Trinajstić information content (AvgIpc) is 3.55. The summed E-state index contributed by atoms with van der Waals surface area (Å²) in [5.74, 6) is 2.43. The maximum atomic E-state index is 6.70. The first-order chi connectivity index (χ1) is 24.8. The van der Waals surface area contributed by atoms with Crippen LogP contribution >= 0.6 is 0 Å². The van der Waals surface area contributed by atoms with Crippen molar-refractivity contribution < 1.29 is 4.74 Å². The minimum absolute atomic E-state index is 0.0311. The van der Waals surface area contributed by atoms with Crippen LogP contribution in [0.4, 0.5) is 0 Å². The van der Waals surface area contributed by atoms with Crippen molar-refractivity contribution in [3.8, 4) is 34.1 Å². The van der Waals surface area contributed by atoms with Gasteiger partial charge >= 0.3 is 0 Å². The van der Waals surface area contributed by atoms with Gasteiger partial charge in [0.05, 0.1) is 22.4 Å². The van der Waals surface area contributed by atoms with E-state index in [-0.39, 0.29) is 16.2 Å². The summed E-state index contributed by atoms with van der Waals surface area (Å²) in [5.41, 5.74) is 14.1. The molecule has 3 heterocycles. The van der Waals surface area contributed by atoms with Crippen LogP contribution in [0, 0.1) is 27.7 Å². The third kappa shape index (κ3) is 6.67. The van der Waals surface area contributed by atoms with Gasteiger partial charge in [0.2, 0.25) is 0 Å². The van der Waals surface area contributed by atoms with Crippen molar-refractivity contribution in [2.75, 3.05) is 0 Å². The Morgan fingerprint density at radius 1 is 0.566 bits per heavy atom. The molecule has 5 heteroatoms. The number of hydrogen-bond acceptors (Lipinski definition) is 3. The number of rotatable bonds is 5. The van der Waals surface area contributed by atoms with Crippen molar-refractivity contribution in [3.63, 3.8) is 0 Å². The largest absolute Gasteiger partial charge is 0.457 e. The zero-order chi connectivity index (χ0) is 38.2. The van der Waals surface area contributed by atoms with E-state index in [4.69, 9.17) is 14.8 Å². The number of para-hydroxylation sites is 1. The maximum Gasteiger partial charge on any atom is 0.137 e.